The number of rotatable bonds is 4. The highest BCUT2D eigenvalue weighted by atomic mass is 19.1. The predicted octanol–water partition coefficient (Wildman–Crippen LogP) is 2.74. The van der Waals surface area contributed by atoms with Crippen LogP contribution in [0.2, 0.25) is 0 Å². The fourth-order valence-electron chi connectivity index (χ4n) is 2.13. The number of hydrogen-bond donors (Lipinski definition) is 0. The van der Waals surface area contributed by atoms with Gasteiger partial charge in [-0.05, 0) is 30.9 Å². The summed E-state index contributed by atoms with van der Waals surface area (Å²) >= 11 is 0. The Hall–Kier alpha value is -2.49. The molecule has 0 spiro atoms. The number of benzene rings is 1. The lowest BCUT2D eigenvalue weighted by Crippen LogP contribution is -2.14. The van der Waals surface area contributed by atoms with E-state index in [0.29, 0.717) is 0 Å². The molecule has 0 radical (unpaired) electrons. The second-order valence-corrected chi connectivity index (χ2v) is 4.52. The van der Waals surface area contributed by atoms with Gasteiger partial charge in [-0.3, -0.25) is 15.0 Å². The lowest BCUT2D eigenvalue weighted by atomic mass is 9.98. The van der Waals surface area contributed by atoms with E-state index in [-0.39, 0.29) is 22.7 Å². The molecule has 6 nitrogen and oxygen atoms in total. The van der Waals surface area contributed by atoms with Crippen LogP contribution in [0.15, 0.2) is 12.1 Å². The van der Waals surface area contributed by atoms with Crippen LogP contribution in [0.4, 0.5) is 10.1 Å². The van der Waals surface area contributed by atoms with Crippen molar-refractivity contribution >= 4 is 11.7 Å². The Morgan fingerprint density at radius 3 is 2.70 bits per heavy atom. The lowest BCUT2D eigenvalue weighted by Gasteiger charge is -2.08. The first kappa shape index (κ1) is 13.9. The van der Waals surface area contributed by atoms with Gasteiger partial charge in [0.2, 0.25) is 0 Å². The number of hydrogen-bond acceptors (Lipinski definition) is 4. The highest BCUT2D eigenvalue weighted by molar-refractivity contribution is 5.81. The monoisotopic (exact) mass is 278 g/mol. The van der Waals surface area contributed by atoms with E-state index in [9.17, 15) is 19.3 Å². The maximum absolute atomic E-state index is 13.6. The zero-order chi connectivity index (χ0) is 14.9. The number of ether oxygens (including phenoxy) is 1. The first-order chi connectivity index (χ1) is 9.49. The quantitative estimate of drug-likeness (QED) is 0.367. The Morgan fingerprint density at radius 1 is 1.60 bits per heavy atom. The van der Waals surface area contributed by atoms with Gasteiger partial charge < -0.3 is 4.74 Å². The predicted molar refractivity (Wildman–Crippen MR) is 66.4 cm³/mol. The van der Waals surface area contributed by atoms with Gasteiger partial charge in [-0.15, -0.1) is 0 Å². The largest absolute Gasteiger partial charge is 0.463 e. The van der Waals surface area contributed by atoms with Gasteiger partial charge in [0.05, 0.1) is 12.0 Å². The first-order valence-corrected chi connectivity index (χ1v) is 5.91. The topological polar surface area (TPSA) is 73.8 Å². The first-order valence-electron chi connectivity index (χ1n) is 5.91. The summed E-state index contributed by atoms with van der Waals surface area (Å²) in [5.74, 6) is -1.70. The van der Waals surface area contributed by atoms with Crippen molar-refractivity contribution in [2.75, 3.05) is 7.11 Å². The van der Waals surface area contributed by atoms with E-state index in [1.165, 1.54) is 0 Å². The van der Waals surface area contributed by atoms with E-state index in [1.54, 1.807) is 0 Å². The van der Waals surface area contributed by atoms with Crippen LogP contribution in [0.3, 0.4) is 0 Å². The summed E-state index contributed by atoms with van der Waals surface area (Å²) in [7, 11) is 1.08. The zero-order valence-corrected chi connectivity index (χ0v) is 10.6. The van der Waals surface area contributed by atoms with Crippen molar-refractivity contribution in [1.29, 1.82) is 0 Å². The van der Waals surface area contributed by atoms with Crippen molar-refractivity contribution in [3.05, 3.63) is 50.6 Å². The van der Waals surface area contributed by atoms with E-state index in [2.05, 4.69) is 9.58 Å². The minimum Gasteiger partial charge on any atom is -0.463 e. The maximum Gasteiger partial charge on any atom is 0.395 e. The molecule has 0 N–H and O–H groups in total. The average Bonchev–Trinajstić information content (AvgIpc) is 3.22. The van der Waals surface area contributed by atoms with Crippen molar-refractivity contribution in [1.82, 2.24) is 0 Å². The minimum absolute atomic E-state index is 0.0751. The van der Waals surface area contributed by atoms with Crippen molar-refractivity contribution < 1.29 is 18.8 Å². The minimum atomic E-state index is -1.52. The Bertz CT molecular complexity index is 620. The summed E-state index contributed by atoms with van der Waals surface area (Å²) in [6.45, 7) is 7.01. The van der Waals surface area contributed by atoms with Crippen LogP contribution in [-0.4, -0.2) is 18.0 Å². The molecule has 1 unspecified atom stereocenters. The van der Waals surface area contributed by atoms with Gasteiger partial charge in [0.15, 0.2) is 0 Å². The van der Waals surface area contributed by atoms with Gasteiger partial charge in [0.25, 0.3) is 5.69 Å². The number of methoxy groups -OCH3 is 1. The molecule has 1 aliphatic rings. The van der Waals surface area contributed by atoms with Crippen molar-refractivity contribution in [2.45, 2.75) is 24.8 Å². The molecule has 7 heteroatoms. The molecule has 1 aliphatic carbocycles. The molecular weight excluding hydrogens is 267 g/mol. The third kappa shape index (κ3) is 2.45. The Kier molecular flexibility index (Phi) is 3.66. The fraction of sp³-hybridized carbons (Fsp3) is 0.385. The van der Waals surface area contributed by atoms with E-state index in [0.717, 1.165) is 32.1 Å². The van der Waals surface area contributed by atoms with Crippen molar-refractivity contribution in [3.8, 4) is 0 Å². The molecular formula is C13H11FN2O4. The van der Waals surface area contributed by atoms with Crippen molar-refractivity contribution in [2.24, 2.45) is 0 Å². The fourth-order valence-corrected chi connectivity index (χ4v) is 2.13. The summed E-state index contributed by atoms with van der Waals surface area (Å²) in [4.78, 5) is 25.2. The molecule has 104 valence electrons. The van der Waals surface area contributed by atoms with E-state index >= 15 is 0 Å². The molecule has 0 aromatic heterocycles. The molecule has 2 rings (SSSR count). The number of esters is 1. The Labute approximate surface area is 114 Å². The summed E-state index contributed by atoms with van der Waals surface area (Å²) in [5, 5.41) is 11.2. The number of nitro groups is 1. The van der Waals surface area contributed by atoms with Crippen LogP contribution >= 0.6 is 0 Å². The van der Waals surface area contributed by atoms with Crippen LogP contribution < -0.4 is 0 Å². The molecule has 1 saturated carbocycles. The van der Waals surface area contributed by atoms with Gasteiger partial charge in [-0.25, -0.2) is 15.8 Å². The molecule has 1 fully saturated rings. The normalized spacial score (nSPS) is 15.2. The van der Waals surface area contributed by atoms with Gasteiger partial charge in [0, 0.05) is 5.56 Å². The van der Waals surface area contributed by atoms with Crippen LogP contribution in [0.5, 0.6) is 0 Å². The summed E-state index contributed by atoms with van der Waals surface area (Å²) in [6, 6.07) is 0.454. The molecule has 20 heavy (non-hydrogen) atoms. The third-order valence-electron chi connectivity index (χ3n) is 3.18. The smallest absolute Gasteiger partial charge is 0.395 e. The van der Waals surface area contributed by atoms with Crippen LogP contribution in [0.1, 0.15) is 35.9 Å². The molecule has 0 heterocycles. The summed E-state index contributed by atoms with van der Waals surface area (Å²) < 4.78 is 18.1. The number of halogens is 1. The molecule has 0 amide bonds. The highest BCUT2D eigenvalue weighted by Crippen LogP contribution is 2.47. The number of nitrogens with zero attached hydrogens (tertiary/aromatic N) is 2. The standard InChI is InChI=1S/C13H11FN2O4/c1-15-11(13(17)20-2)10-6-8(14)5-9(7-3-4-7)12(10)16(18)19/h5-7,11H,3-4H2,2H3. The molecule has 1 atom stereocenters. The van der Waals surface area contributed by atoms with Gasteiger partial charge in [-0.1, -0.05) is 0 Å². The summed E-state index contributed by atoms with van der Waals surface area (Å²) in [6.07, 6.45) is 1.48. The van der Waals surface area contributed by atoms with Gasteiger partial charge in [0.1, 0.15) is 11.4 Å². The van der Waals surface area contributed by atoms with Crippen LogP contribution in [0.25, 0.3) is 4.85 Å². The number of carbonyl (C=O) groups is 1. The average molecular weight is 278 g/mol. The highest BCUT2D eigenvalue weighted by Gasteiger charge is 2.40. The molecule has 1 aromatic rings. The molecule has 0 aliphatic heterocycles. The number of carbonyl (C=O) groups excluding carboxylic acids is 1. The van der Waals surface area contributed by atoms with E-state index in [1.807, 2.05) is 0 Å². The van der Waals surface area contributed by atoms with Crippen LogP contribution in [0, 0.1) is 22.5 Å². The third-order valence-corrected chi connectivity index (χ3v) is 3.18. The molecule has 1 aromatic carbocycles. The second kappa shape index (κ2) is 5.25. The zero-order valence-electron chi connectivity index (χ0n) is 10.6. The Balaban J connectivity index is 2.64. The lowest BCUT2D eigenvalue weighted by molar-refractivity contribution is -0.386. The van der Waals surface area contributed by atoms with E-state index < -0.39 is 22.8 Å². The number of nitro benzene ring substituents is 1. The maximum atomic E-state index is 13.6. The van der Waals surface area contributed by atoms with Crippen molar-refractivity contribution in [3.63, 3.8) is 0 Å². The second-order valence-electron chi connectivity index (χ2n) is 4.52. The molecule has 0 saturated heterocycles. The Morgan fingerprint density at radius 2 is 2.25 bits per heavy atom. The van der Waals surface area contributed by atoms with Gasteiger partial charge >= 0.3 is 12.0 Å². The van der Waals surface area contributed by atoms with Gasteiger partial charge in [-0.2, -0.15) is 0 Å². The SMILES string of the molecule is [C-]#[N+]C(C(=O)OC)c1cc(F)cc(C2CC2)c1[N+](=O)[O-]. The van der Waals surface area contributed by atoms with Crippen LogP contribution in [-0.2, 0) is 9.53 Å². The van der Waals surface area contributed by atoms with E-state index in [4.69, 9.17) is 6.57 Å². The summed E-state index contributed by atoms with van der Waals surface area (Å²) in [5.41, 5.74) is -0.332. The molecule has 0 bridgehead atoms.